The van der Waals surface area contributed by atoms with Crippen LogP contribution in [0, 0.1) is 0 Å². The first kappa shape index (κ1) is 18.7. The zero-order valence-electron chi connectivity index (χ0n) is 16.2. The van der Waals surface area contributed by atoms with Gasteiger partial charge in [-0.15, -0.1) is 0 Å². The van der Waals surface area contributed by atoms with E-state index >= 15 is 0 Å². The average Bonchev–Trinajstić information content (AvgIpc) is 3.55. The second kappa shape index (κ2) is 7.53. The molecular formula is C22H21N5O2S. The van der Waals surface area contributed by atoms with Gasteiger partial charge in [-0.25, -0.2) is 13.4 Å². The highest BCUT2D eigenvalue weighted by Gasteiger charge is 2.40. The van der Waals surface area contributed by atoms with Gasteiger partial charge in [0.05, 0.1) is 18.1 Å². The summed E-state index contributed by atoms with van der Waals surface area (Å²) in [4.78, 5) is 11.4. The predicted octanol–water partition coefficient (Wildman–Crippen LogP) is 3.84. The Labute approximate surface area is 175 Å². The number of nitrogens with one attached hydrogen (secondary N) is 1. The largest absolute Gasteiger partial charge is 0.337 e. The van der Waals surface area contributed by atoms with Crippen molar-refractivity contribution >= 4 is 10.7 Å². The van der Waals surface area contributed by atoms with Gasteiger partial charge in [0.15, 0.2) is 21.4 Å². The van der Waals surface area contributed by atoms with Gasteiger partial charge in [0, 0.05) is 18.0 Å². The van der Waals surface area contributed by atoms with Crippen LogP contribution in [0.5, 0.6) is 0 Å². The molecule has 3 aromatic heterocycles. The van der Waals surface area contributed by atoms with Crippen molar-refractivity contribution in [2.75, 3.05) is 0 Å². The molecule has 1 aliphatic rings. The Morgan fingerprint density at radius 1 is 0.933 bits per heavy atom. The number of imidazole rings is 1. The third kappa shape index (κ3) is 3.23. The highest BCUT2D eigenvalue weighted by molar-refractivity contribution is 7.73. The smallest absolute Gasteiger partial charge is 0.166 e. The van der Waals surface area contributed by atoms with Gasteiger partial charge >= 0.3 is 0 Å². The highest BCUT2D eigenvalue weighted by atomic mass is 32.2. The van der Waals surface area contributed by atoms with Crippen molar-refractivity contribution in [3.8, 4) is 33.9 Å². The molecule has 1 aliphatic carbocycles. The Hall–Kier alpha value is -3.26. The van der Waals surface area contributed by atoms with E-state index in [0.29, 0.717) is 24.4 Å². The summed E-state index contributed by atoms with van der Waals surface area (Å²) < 4.78 is 25.6. The van der Waals surface area contributed by atoms with Gasteiger partial charge in [-0.05, 0) is 48.9 Å². The Bertz CT molecular complexity index is 1250. The van der Waals surface area contributed by atoms with E-state index in [1.807, 2.05) is 48.7 Å². The zero-order chi connectivity index (χ0) is 20.6. The quantitative estimate of drug-likeness (QED) is 0.480. The first-order chi connectivity index (χ1) is 14.7. The maximum atomic E-state index is 12.0. The second-order valence-corrected chi connectivity index (χ2v) is 8.91. The van der Waals surface area contributed by atoms with Crippen LogP contribution in [-0.2, 0) is 15.6 Å². The third-order valence-corrected chi connectivity index (χ3v) is 7.08. The van der Waals surface area contributed by atoms with Crippen LogP contribution in [0.2, 0.25) is 0 Å². The zero-order valence-corrected chi connectivity index (χ0v) is 17.1. The van der Waals surface area contributed by atoms with E-state index in [2.05, 4.69) is 20.1 Å². The van der Waals surface area contributed by atoms with Crippen LogP contribution in [0.25, 0.3) is 33.9 Å². The van der Waals surface area contributed by atoms with Crippen LogP contribution in [0.3, 0.4) is 0 Å². The fourth-order valence-electron chi connectivity index (χ4n) is 4.09. The minimum Gasteiger partial charge on any atom is -0.337 e. The number of rotatable bonds is 5. The van der Waals surface area contributed by atoms with Crippen molar-refractivity contribution in [2.45, 2.75) is 30.6 Å². The Kier molecular flexibility index (Phi) is 4.71. The summed E-state index contributed by atoms with van der Waals surface area (Å²) in [6.45, 7) is 0. The molecule has 0 spiro atoms. The van der Waals surface area contributed by atoms with E-state index in [0.717, 1.165) is 35.2 Å². The molecule has 3 heterocycles. The van der Waals surface area contributed by atoms with Gasteiger partial charge in [-0.2, -0.15) is 5.10 Å². The summed E-state index contributed by atoms with van der Waals surface area (Å²) >= 11 is 0. The van der Waals surface area contributed by atoms with Crippen molar-refractivity contribution in [1.82, 2.24) is 24.7 Å². The van der Waals surface area contributed by atoms with Gasteiger partial charge in [0.25, 0.3) is 0 Å². The number of benzene rings is 1. The number of aromatic amines is 1. The molecule has 0 amide bonds. The first-order valence-corrected chi connectivity index (χ1v) is 11.1. The standard InChI is InChI=1S/C22H21N5O2S/c28-30(29)22(9-4-5-10-22)27-15-18(13-25-27)17-8-11-23-19(12-17)21-24-14-20(26-21)16-6-2-1-3-7-16/h1-3,6-8,11-15,30H,4-5,9-10H2,(H,24,26). The number of H-pyrrole nitrogens is 1. The molecule has 1 saturated carbocycles. The molecule has 0 aliphatic heterocycles. The van der Waals surface area contributed by atoms with Gasteiger partial charge in [0.1, 0.15) is 5.69 Å². The second-order valence-electron chi connectivity index (χ2n) is 7.56. The topological polar surface area (TPSA) is 93.5 Å². The number of nitrogens with zero attached hydrogens (tertiary/aromatic N) is 4. The number of thiol groups is 1. The lowest BCUT2D eigenvalue weighted by Gasteiger charge is -2.22. The maximum Gasteiger partial charge on any atom is 0.166 e. The summed E-state index contributed by atoms with van der Waals surface area (Å²) in [5.41, 5.74) is 4.47. The van der Waals surface area contributed by atoms with Gasteiger partial charge < -0.3 is 4.98 Å². The molecular weight excluding hydrogens is 398 g/mol. The SMILES string of the molecule is O=[SH](=O)C1(n2cc(-c3ccnc(-c4ncc(-c5ccccc5)[nH]4)c3)cn2)CCCC1. The lowest BCUT2D eigenvalue weighted by molar-refractivity contribution is 0.385. The van der Waals surface area contributed by atoms with E-state index < -0.39 is 15.6 Å². The molecule has 1 N–H and O–H groups in total. The summed E-state index contributed by atoms with van der Waals surface area (Å²) in [5, 5.41) is 4.40. The van der Waals surface area contributed by atoms with Crippen molar-refractivity contribution in [3.05, 3.63) is 67.3 Å². The van der Waals surface area contributed by atoms with Gasteiger partial charge in [0.2, 0.25) is 0 Å². The monoisotopic (exact) mass is 419 g/mol. The number of hydrogen-bond donors (Lipinski definition) is 2. The normalized spacial score (nSPS) is 15.6. The van der Waals surface area contributed by atoms with Crippen molar-refractivity contribution < 1.29 is 8.42 Å². The van der Waals surface area contributed by atoms with Crippen LogP contribution in [0.15, 0.2) is 67.3 Å². The van der Waals surface area contributed by atoms with Crippen molar-refractivity contribution in [1.29, 1.82) is 0 Å². The molecule has 5 rings (SSSR count). The highest BCUT2D eigenvalue weighted by Crippen LogP contribution is 2.38. The fourth-order valence-corrected chi connectivity index (χ4v) is 5.05. The molecule has 8 heteroatoms. The van der Waals surface area contributed by atoms with Crippen molar-refractivity contribution in [2.24, 2.45) is 0 Å². The van der Waals surface area contributed by atoms with Gasteiger partial charge in [-0.3, -0.25) is 9.67 Å². The molecule has 0 saturated heterocycles. The maximum absolute atomic E-state index is 12.0. The average molecular weight is 420 g/mol. The molecule has 0 bridgehead atoms. The molecule has 0 unspecified atom stereocenters. The predicted molar refractivity (Wildman–Crippen MR) is 115 cm³/mol. The fraction of sp³-hybridized carbons (Fsp3) is 0.227. The Balaban J connectivity index is 1.47. The minimum absolute atomic E-state index is 0.614. The number of pyridine rings is 1. The van der Waals surface area contributed by atoms with E-state index in [1.54, 1.807) is 23.3 Å². The van der Waals surface area contributed by atoms with E-state index in [9.17, 15) is 8.42 Å². The van der Waals surface area contributed by atoms with Crippen LogP contribution >= 0.6 is 0 Å². The molecule has 0 radical (unpaired) electrons. The van der Waals surface area contributed by atoms with Crippen molar-refractivity contribution in [3.63, 3.8) is 0 Å². The summed E-state index contributed by atoms with van der Waals surface area (Å²) in [5.74, 6) is 0.679. The van der Waals surface area contributed by atoms with Crippen LogP contribution in [0.1, 0.15) is 25.7 Å². The molecule has 152 valence electrons. The molecule has 4 aromatic rings. The first-order valence-electron chi connectivity index (χ1n) is 9.93. The molecule has 30 heavy (non-hydrogen) atoms. The van der Waals surface area contributed by atoms with Crippen LogP contribution < -0.4 is 0 Å². The molecule has 1 aromatic carbocycles. The third-order valence-electron chi connectivity index (χ3n) is 5.75. The van der Waals surface area contributed by atoms with Crippen LogP contribution in [-0.4, -0.2) is 33.2 Å². The molecule has 0 atom stereocenters. The molecule has 7 nitrogen and oxygen atoms in total. The summed E-state index contributed by atoms with van der Waals surface area (Å²) in [6, 6.07) is 13.8. The minimum atomic E-state index is -2.61. The summed E-state index contributed by atoms with van der Waals surface area (Å²) in [7, 11) is -2.61. The Morgan fingerprint density at radius 3 is 2.50 bits per heavy atom. The molecule has 1 fully saturated rings. The van der Waals surface area contributed by atoms with Crippen LogP contribution in [0.4, 0.5) is 0 Å². The van der Waals surface area contributed by atoms with E-state index in [4.69, 9.17) is 0 Å². The number of aromatic nitrogens is 5. The summed E-state index contributed by atoms with van der Waals surface area (Å²) in [6.07, 6.45) is 10.1. The Morgan fingerprint density at radius 2 is 1.73 bits per heavy atom. The number of hydrogen-bond acceptors (Lipinski definition) is 5. The van der Waals surface area contributed by atoms with E-state index in [1.165, 1.54) is 0 Å². The van der Waals surface area contributed by atoms with E-state index in [-0.39, 0.29) is 0 Å². The van der Waals surface area contributed by atoms with Gasteiger partial charge in [-0.1, -0.05) is 30.3 Å². The lowest BCUT2D eigenvalue weighted by atomic mass is 10.1. The lowest BCUT2D eigenvalue weighted by Crippen LogP contribution is -2.32.